The zero-order valence-electron chi connectivity index (χ0n) is 18.6. The fraction of sp³-hybridized carbons (Fsp3) is 0.652. The second-order valence-electron chi connectivity index (χ2n) is 8.63. The molecule has 0 radical (unpaired) electrons. The molecule has 0 unspecified atom stereocenters. The van der Waals surface area contributed by atoms with Crippen molar-refractivity contribution in [2.75, 3.05) is 51.2 Å². The highest BCUT2D eigenvalue weighted by atomic mass is 16.2. The van der Waals surface area contributed by atoms with Crippen molar-refractivity contribution >= 4 is 22.8 Å². The van der Waals surface area contributed by atoms with Gasteiger partial charge in [0.05, 0.1) is 29.2 Å². The number of aryl methyl sites for hydroxylation is 2. The molecular formula is C23H34N6O. The largest absolute Gasteiger partial charge is 0.369 e. The predicted molar refractivity (Wildman–Crippen MR) is 120 cm³/mol. The molecule has 0 bridgehead atoms. The third-order valence-corrected chi connectivity index (χ3v) is 6.50. The first kappa shape index (κ1) is 21.0. The van der Waals surface area contributed by atoms with Crippen molar-refractivity contribution in [2.45, 2.75) is 46.0 Å². The van der Waals surface area contributed by atoms with Crippen LogP contribution >= 0.6 is 0 Å². The van der Waals surface area contributed by atoms with Gasteiger partial charge in [0.1, 0.15) is 5.52 Å². The Bertz CT molecular complexity index is 901. The molecule has 2 aromatic rings. The lowest BCUT2D eigenvalue weighted by atomic mass is 9.96. The summed E-state index contributed by atoms with van der Waals surface area (Å²) in [6.07, 6.45) is 6.71. The second kappa shape index (κ2) is 9.25. The van der Waals surface area contributed by atoms with Gasteiger partial charge >= 0.3 is 0 Å². The van der Waals surface area contributed by atoms with E-state index in [1.807, 2.05) is 6.20 Å². The second-order valence-corrected chi connectivity index (χ2v) is 8.63. The zero-order valence-corrected chi connectivity index (χ0v) is 18.6. The first-order valence-electron chi connectivity index (χ1n) is 11.5. The molecule has 162 valence electrons. The summed E-state index contributed by atoms with van der Waals surface area (Å²) in [7, 11) is 2.14. The van der Waals surface area contributed by atoms with Gasteiger partial charge < -0.3 is 14.7 Å². The summed E-state index contributed by atoms with van der Waals surface area (Å²) in [5.74, 6) is 0.391. The number of piperidine rings is 1. The highest BCUT2D eigenvalue weighted by molar-refractivity contribution is 5.80. The Morgan fingerprint density at radius 3 is 2.63 bits per heavy atom. The maximum Gasteiger partial charge on any atom is 0.227 e. The summed E-state index contributed by atoms with van der Waals surface area (Å²) < 4.78 is 0. The molecule has 7 nitrogen and oxygen atoms in total. The standard InChI is InChI=1S/C23H34N6O/c1-4-19-20(5-2)26-22-21(25-19)14-18(15-24-22)29-10-6-8-17(16-29)23(30)28-11-7-9-27(3)12-13-28/h14-15,17H,4-13,16H2,1-3H3/t17-/m1/s1. The number of hydrogen-bond donors (Lipinski definition) is 0. The van der Waals surface area contributed by atoms with Crippen LogP contribution in [-0.4, -0.2) is 77.0 Å². The highest BCUT2D eigenvalue weighted by Crippen LogP contribution is 2.26. The van der Waals surface area contributed by atoms with Gasteiger partial charge in [-0.05, 0) is 51.8 Å². The average molecular weight is 411 g/mol. The topological polar surface area (TPSA) is 65.5 Å². The molecule has 2 aromatic heterocycles. The van der Waals surface area contributed by atoms with Crippen LogP contribution in [-0.2, 0) is 17.6 Å². The Kier molecular flexibility index (Phi) is 6.46. The van der Waals surface area contributed by atoms with Gasteiger partial charge in [0.15, 0.2) is 5.65 Å². The number of likely N-dealkylation sites (N-methyl/N-ethyl adjacent to an activating group) is 1. The molecule has 4 heterocycles. The molecule has 7 heteroatoms. The molecule has 2 aliphatic heterocycles. The zero-order chi connectivity index (χ0) is 21.1. The minimum atomic E-state index is 0.0672. The minimum absolute atomic E-state index is 0.0672. The van der Waals surface area contributed by atoms with Crippen molar-refractivity contribution < 1.29 is 4.79 Å². The smallest absolute Gasteiger partial charge is 0.227 e. The van der Waals surface area contributed by atoms with E-state index in [2.05, 4.69) is 46.6 Å². The molecular weight excluding hydrogens is 376 g/mol. The Labute approximate surface area is 179 Å². The summed E-state index contributed by atoms with van der Waals surface area (Å²) in [5, 5.41) is 0. The van der Waals surface area contributed by atoms with Gasteiger partial charge in [-0.3, -0.25) is 4.79 Å². The van der Waals surface area contributed by atoms with Crippen LogP contribution in [0.25, 0.3) is 11.2 Å². The molecule has 2 saturated heterocycles. The number of fused-ring (bicyclic) bond motifs is 1. The first-order valence-corrected chi connectivity index (χ1v) is 11.5. The third-order valence-electron chi connectivity index (χ3n) is 6.50. The van der Waals surface area contributed by atoms with Gasteiger partial charge in [-0.25, -0.2) is 15.0 Å². The number of amides is 1. The number of rotatable bonds is 4. The van der Waals surface area contributed by atoms with Crippen molar-refractivity contribution in [1.29, 1.82) is 0 Å². The normalized spacial score (nSPS) is 21.1. The number of hydrogen-bond acceptors (Lipinski definition) is 6. The number of carbonyl (C=O) groups excluding carboxylic acids is 1. The van der Waals surface area contributed by atoms with Gasteiger partial charge in [-0.1, -0.05) is 13.8 Å². The van der Waals surface area contributed by atoms with Crippen molar-refractivity contribution in [1.82, 2.24) is 24.8 Å². The lowest BCUT2D eigenvalue weighted by Gasteiger charge is -2.36. The van der Waals surface area contributed by atoms with Crippen molar-refractivity contribution in [2.24, 2.45) is 5.92 Å². The molecule has 4 rings (SSSR count). The van der Waals surface area contributed by atoms with E-state index in [1.54, 1.807) is 0 Å². The SMILES string of the molecule is CCc1nc2cc(N3CCC[C@@H](C(=O)N4CCCN(C)CC4)C3)cnc2nc1CC. The predicted octanol–water partition coefficient (Wildman–Crippen LogP) is 2.53. The molecule has 1 amide bonds. The fourth-order valence-corrected chi connectivity index (χ4v) is 4.68. The van der Waals surface area contributed by atoms with Crippen LogP contribution in [0.15, 0.2) is 12.3 Å². The number of anilines is 1. The molecule has 2 aliphatic rings. The Morgan fingerprint density at radius 1 is 1.03 bits per heavy atom. The summed E-state index contributed by atoms with van der Waals surface area (Å²) in [5.41, 5.74) is 4.71. The van der Waals surface area contributed by atoms with E-state index < -0.39 is 0 Å². The first-order chi connectivity index (χ1) is 14.6. The summed E-state index contributed by atoms with van der Waals surface area (Å²) in [4.78, 5) is 34.1. The molecule has 1 atom stereocenters. The summed E-state index contributed by atoms with van der Waals surface area (Å²) >= 11 is 0. The summed E-state index contributed by atoms with van der Waals surface area (Å²) in [6, 6.07) is 2.10. The maximum absolute atomic E-state index is 13.2. The van der Waals surface area contributed by atoms with E-state index in [9.17, 15) is 4.79 Å². The highest BCUT2D eigenvalue weighted by Gasteiger charge is 2.30. The lowest BCUT2D eigenvalue weighted by Crippen LogP contribution is -2.46. The van der Waals surface area contributed by atoms with Crippen molar-refractivity contribution in [3.8, 4) is 0 Å². The van der Waals surface area contributed by atoms with Crippen LogP contribution in [0.3, 0.4) is 0 Å². The molecule has 0 aliphatic carbocycles. The van der Waals surface area contributed by atoms with E-state index in [0.717, 1.165) is 94.0 Å². The number of pyridine rings is 1. The fourth-order valence-electron chi connectivity index (χ4n) is 4.68. The van der Waals surface area contributed by atoms with Gasteiger partial charge in [0.25, 0.3) is 0 Å². The quantitative estimate of drug-likeness (QED) is 0.772. The van der Waals surface area contributed by atoms with E-state index in [0.29, 0.717) is 11.6 Å². The molecule has 0 N–H and O–H groups in total. The molecule has 0 aromatic carbocycles. The van der Waals surface area contributed by atoms with Crippen LogP contribution in [0.2, 0.25) is 0 Å². The Balaban J connectivity index is 1.51. The van der Waals surface area contributed by atoms with E-state index in [4.69, 9.17) is 9.97 Å². The monoisotopic (exact) mass is 410 g/mol. The lowest BCUT2D eigenvalue weighted by molar-refractivity contribution is -0.135. The number of aromatic nitrogens is 3. The van der Waals surface area contributed by atoms with Crippen LogP contribution < -0.4 is 4.90 Å². The Hall–Kier alpha value is -2.28. The summed E-state index contributed by atoms with van der Waals surface area (Å²) in [6.45, 7) is 9.72. The molecule has 2 fully saturated rings. The van der Waals surface area contributed by atoms with Gasteiger partial charge in [0, 0.05) is 32.7 Å². The third kappa shape index (κ3) is 4.41. The van der Waals surface area contributed by atoms with Crippen LogP contribution in [0.4, 0.5) is 5.69 Å². The van der Waals surface area contributed by atoms with Gasteiger partial charge in [-0.15, -0.1) is 0 Å². The van der Waals surface area contributed by atoms with Gasteiger partial charge in [0.2, 0.25) is 5.91 Å². The average Bonchev–Trinajstić information content (AvgIpc) is 3.01. The molecule has 0 spiro atoms. The van der Waals surface area contributed by atoms with Gasteiger partial charge in [-0.2, -0.15) is 0 Å². The van der Waals surface area contributed by atoms with Crippen molar-refractivity contribution in [3.05, 3.63) is 23.7 Å². The molecule has 0 saturated carbocycles. The minimum Gasteiger partial charge on any atom is -0.369 e. The number of carbonyl (C=O) groups is 1. The maximum atomic E-state index is 13.2. The van der Waals surface area contributed by atoms with Crippen LogP contribution in [0.1, 0.15) is 44.5 Å². The molecule has 30 heavy (non-hydrogen) atoms. The van der Waals surface area contributed by atoms with E-state index >= 15 is 0 Å². The van der Waals surface area contributed by atoms with Crippen molar-refractivity contribution in [3.63, 3.8) is 0 Å². The van der Waals surface area contributed by atoms with E-state index in [-0.39, 0.29) is 5.92 Å². The Morgan fingerprint density at radius 2 is 1.83 bits per heavy atom. The number of nitrogens with zero attached hydrogens (tertiary/aromatic N) is 6. The van der Waals surface area contributed by atoms with Crippen LogP contribution in [0, 0.1) is 5.92 Å². The van der Waals surface area contributed by atoms with Crippen LogP contribution in [0.5, 0.6) is 0 Å². The van der Waals surface area contributed by atoms with E-state index in [1.165, 1.54) is 0 Å².